The molecule has 0 aromatic heterocycles. The summed E-state index contributed by atoms with van der Waals surface area (Å²) >= 11 is 0. The van der Waals surface area contributed by atoms with Crippen LogP contribution in [0.25, 0.3) is 0 Å². The molecule has 0 radical (unpaired) electrons. The lowest BCUT2D eigenvalue weighted by atomic mass is 9.98. The van der Waals surface area contributed by atoms with Crippen molar-refractivity contribution in [2.75, 3.05) is 0 Å². The average molecular weight is 309 g/mol. The van der Waals surface area contributed by atoms with Crippen LogP contribution >= 0.6 is 0 Å². The van der Waals surface area contributed by atoms with Crippen molar-refractivity contribution >= 4 is 12.1 Å². The van der Waals surface area contributed by atoms with Crippen LogP contribution in [0, 0.1) is 5.92 Å². The first-order chi connectivity index (χ1) is 9.56. The van der Waals surface area contributed by atoms with Gasteiger partial charge in [0.25, 0.3) is 6.43 Å². The molecule has 0 rings (SSSR count). The van der Waals surface area contributed by atoms with Gasteiger partial charge >= 0.3 is 12.1 Å². The summed E-state index contributed by atoms with van der Waals surface area (Å²) in [7, 11) is 0. The quantitative estimate of drug-likeness (QED) is 0.720. The Morgan fingerprint density at radius 1 is 1.24 bits per heavy atom. The van der Waals surface area contributed by atoms with Crippen molar-refractivity contribution in [3.05, 3.63) is 0 Å². The summed E-state index contributed by atoms with van der Waals surface area (Å²) in [5.41, 5.74) is -0.757. The van der Waals surface area contributed by atoms with Crippen molar-refractivity contribution in [3.63, 3.8) is 0 Å². The van der Waals surface area contributed by atoms with Crippen LogP contribution in [0.3, 0.4) is 0 Å². The third-order valence-electron chi connectivity index (χ3n) is 2.92. The molecule has 7 heteroatoms. The maximum Gasteiger partial charge on any atom is 0.408 e. The van der Waals surface area contributed by atoms with E-state index in [0.29, 0.717) is 19.3 Å². The Kier molecular flexibility index (Phi) is 8.21. The van der Waals surface area contributed by atoms with Gasteiger partial charge in [-0.25, -0.2) is 13.6 Å². The van der Waals surface area contributed by atoms with Gasteiger partial charge in [-0.3, -0.25) is 4.79 Å². The molecule has 2 unspecified atom stereocenters. The van der Waals surface area contributed by atoms with Crippen molar-refractivity contribution < 1.29 is 28.2 Å². The predicted molar refractivity (Wildman–Crippen MR) is 74.4 cm³/mol. The van der Waals surface area contributed by atoms with E-state index in [2.05, 4.69) is 5.32 Å². The van der Waals surface area contributed by atoms with Gasteiger partial charge < -0.3 is 15.2 Å². The zero-order valence-corrected chi connectivity index (χ0v) is 13.0. The third-order valence-corrected chi connectivity index (χ3v) is 2.92. The molecule has 124 valence electrons. The number of amides is 1. The van der Waals surface area contributed by atoms with Gasteiger partial charge in [-0.2, -0.15) is 0 Å². The average Bonchev–Trinajstić information content (AvgIpc) is 2.29. The van der Waals surface area contributed by atoms with Crippen molar-refractivity contribution in [3.8, 4) is 0 Å². The van der Waals surface area contributed by atoms with Crippen LogP contribution in [0.1, 0.15) is 53.4 Å². The van der Waals surface area contributed by atoms with Crippen molar-refractivity contribution in [2.45, 2.75) is 71.4 Å². The molecular formula is C14H25F2NO4. The topological polar surface area (TPSA) is 75.6 Å². The molecule has 2 atom stereocenters. The molecule has 0 aliphatic carbocycles. The third kappa shape index (κ3) is 9.20. The van der Waals surface area contributed by atoms with E-state index in [4.69, 9.17) is 9.84 Å². The van der Waals surface area contributed by atoms with E-state index in [1.165, 1.54) is 0 Å². The number of carbonyl (C=O) groups excluding carboxylic acids is 1. The molecule has 0 heterocycles. The molecule has 0 aliphatic rings. The van der Waals surface area contributed by atoms with E-state index in [1.54, 1.807) is 27.7 Å². The number of carboxylic acid groups (broad SMARTS) is 1. The number of alkyl halides is 2. The van der Waals surface area contributed by atoms with Crippen molar-refractivity contribution in [2.24, 2.45) is 5.92 Å². The molecule has 0 saturated carbocycles. The maximum atomic E-state index is 12.9. The number of alkyl carbamates (subject to hydrolysis) is 1. The Hall–Kier alpha value is -1.40. The minimum Gasteiger partial charge on any atom is -0.481 e. The standard InChI is InChI=1S/C14H25F2NO4/c1-5-9(12(18)19)7-6-8-10(11(15)16)17-13(20)21-14(2,3)4/h9-11H,5-8H2,1-4H3,(H,17,20)(H,18,19). The molecule has 0 aromatic carbocycles. The van der Waals surface area contributed by atoms with E-state index in [-0.39, 0.29) is 6.42 Å². The zero-order chi connectivity index (χ0) is 16.6. The molecule has 0 aromatic rings. The highest BCUT2D eigenvalue weighted by Gasteiger charge is 2.26. The Bertz CT molecular complexity index is 342. The molecule has 2 N–H and O–H groups in total. The summed E-state index contributed by atoms with van der Waals surface area (Å²) < 4.78 is 30.7. The molecule has 5 nitrogen and oxygen atoms in total. The lowest BCUT2D eigenvalue weighted by molar-refractivity contribution is -0.142. The van der Waals surface area contributed by atoms with Crippen LogP contribution < -0.4 is 5.32 Å². The van der Waals surface area contributed by atoms with Gasteiger partial charge in [-0.1, -0.05) is 13.3 Å². The monoisotopic (exact) mass is 309 g/mol. The highest BCUT2D eigenvalue weighted by atomic mass is 19.3. The van der Waals surface area contributed by atoms with E-state index >= 15 is 0 Å². The Morgan fingerprint density at radius 2 is 1.81 bits per heavy atom. The first kappa shape index (κ1) is 19.6. The van der Waals surface area contributed by atoms with Gasteiger partial charge in [0.05, 0.1) is 12.0 Å². The van der Waals surface area contributed by atoms with Crippen LogP contribution in [0.4, 0.5) is 13.6 Å². The fraction of sp³-hybridized carbons (Fsp3) is 0.857. The summed E-state index contributed by atoms with van der Waals surface area (Å²) in [6, 6.07) is -1.33. The molecule has 1 amide bonds. The van der Waals surface area contributed by atoms with Crippen LogP contribution in [-0.4, -0.2) is 35.2 Å². The minimum atomic E-state index is -2.72. The van der Waals surface area contributed by atoms with Gasteiger partial charge in [0.15, 0.2) is 0 Å². The second-order valence-corrected chi connectivity index (χ2v) is 5.96. The summed E-state index contributed by atoms with van der Waals surface area (Å²) in [5.74, 6) is -1.46. The molecule has 0 saturated heterocycles. The molecule has 0 fully saturated rings. The van der Waals surface area contributed by atoms with Gasteiger partial charge in [0, 0.05) is 0 Å². The summed E-state index contributed by atoms with van der Waals surface area (Å²) in [6.07, 6.45) is -2.53. The summed E-state index contributed by atoms with van der Waals surface area (Å²) in [6.45, 7) is 6.66. The minimum absolute atomic E-state index is 0.0146. The number of halogens is 2. The fourth-order valence-corrected chi connectivity index (χ4v) is 1.81. The number of carboxylic acids is 1. The number of hydrogen-bond donors (Lipinski definition) is 2. The van der Waals surface area contributed by atoms with Gasteiger partial charge in [-0.15, -0.1) is 0 Å². The van der Waals surface area contributed by atoms with Crippen LogP contribution in [0.2, 0.25) is 0 Å². The summed E-state index contributed by atoms with van der Waals surface area (Å²) in [4.78, 5) is 22.3. The predicted octanol–water partition coefficient (Wildman–Crippen LogP) is 3.43. The first-order valence-electron chi connectivity index (χ1n) is 7.07. The van der Waals surface area contributed by atoms with Crippen LogP contribution in [-0.2, 0) is 9.53 Å². The lowest BCUT2D eigenvalue weighted by Gasteiger charge is -2.23. The smallest absolute Gasteiger partial charge is 0.408 e. The molecule has 0 spiro atoms. The second kappa shape index (κ2) is 8.79. The Labute approximate surface area is 124 Å². The van der Waals surface area contributed by atoms with Crippen molar-refractivity contribution in [1.29, 1.82) is 0 Å². The van der Waals surface area contributed by atoms with Gasteiger partial charge in [0.2, 0.25) is 0 Å². The second-order valence-electron chi connectivity index (χ2n) is 5.96. The molecule has 0 bridgehead atoms. The number of carbonyl (C=O) groups is 2. The normalized spacial score (nSPS) is 14.6. The maximum absolute atomic E-state index is 12.9. The molecule has 0 aliphatic heterocycles. The highest BCUT2D eigenvalue weighted by molar-refractivity contribution is 5.69. The number of rotatable bonds is 8. The SMILES string of the molecule is CCC(CCCC(NC(=O)OC(C)(C)C)C(F)F)C(=O)O. The van der Waals surface area contributed by atoms with Crippen molar-refractivity contribution in [1.82, 2.24) is 5.32 Å². The first-order valence-corrected chi connectivity index (χ1v) is 7.07. The number of nitrogens with one attached hydrogen (secondary N) is 1. The molecule has 21 heavy (non-hydrogen) atoms. The van der Waals surface area contributed by atoms with Gasteiger partial charge in [-0.05, 0) is 40.0 Å². The Balaban J connectivity index is 4.32. The highest BCUT2D eigenvalue weighted by Crippen LogP contribution is 2.17. The van der Waals surface area contributed by atoms with E-state index < -0.39 is 36.0 Å². The number of ether oxygens (including phenoxy) is 1. The molecular weight excluding hydrogens is 284 g/mol. The summed E-state index contributed by atoms with van der Waals surface area (Å²) in [5, 5.41) is 11.0. The van der Waals surface area contributed by atoms with Gasteiger partial charge in [0.1, 0.15) is 5.60 Å². The number of hydrogen-bond acceptors (Lipinski definition) is 3. The Morgan fingerprint density at radius 3 is 2.19 bits per heavy atom. The largest absolute Gasteiger partial charge is 0.481 e. The number of aliphatic carboxylic acids is 1. The van der Waals surface area contributed by atoms with E-state index in [9.17, 15) is 18.4 Å². The zero-order valence-electron chi connectivity index (χ0n) is 13.0. The van der Waals surface area contributed by atoms with Crippen LogP contribution in [0.5, 0.6) is 0 Å². The van der Waals surface area contributed by atoms with Crippen LogP contribution in [0.15, 0.2) is 0 Å². The lowest BCUT2D eigenvalue weighted by Crippen LogP contribution is -2.42. The van der Waals surface area contributed by atoms with E-state index in [1.807, 2.05) is 0 Å². The van der Waals surface area contributed by atoms with E-state index in [0.717, 1.165) is 0 Å². The fourth-order valence-electron chi connectivity index (χ4n) is 1.81.